The van der Waals surface area contributed by atoms with Crippen molar-refractivity contribution in [2.24, 2.45) is 11.1 Å². The van der Waals surface area contributed by atoms with E-state index >= 15 is 0 Å². The van der Waals surface area contributed by atoms with Crippen molar-refractivity contribution in [3.63, 3.8) is 0 Å². The smallest absolute Gasteiger partial charge is 0.250 e. The van der Waals surface area contributed by atoms with Crippen molar-refractivity contribution in [3.8, 4) is 0 Å². The molecule has 0 bridgehead atoms. The second kappa shape index (κ2) is 5.46. The van der Waals surface area contributed by atoms with E-state index in [9.17, 15) is 8.42 Å². The summed E-state index contributed by atoms with van der Waals surface area (Å²) < 4.78 is 27.8. The van der Waals surface area contributed by atoms with Gasteiger partial charge in [-0.05, 0) is 24.0 Å². The summed E-state index contributed by atoms with van der Waals surface area (Å²) in [4.78, 5) is 0. The van der Waals surface area contributed by atoms with Crippen molar-refractivity contribution in [3.05, 3.63) is 16.0 Å². The van der Waals surface area contributed by atoms with E-state index in [-0.39, 0.29) is 22.2 Å². The lowest BCUT2D eigenvalue weighted by molar-refractivity contribution is 0.304. The molecule has 1 unspecified atom stereocenters. The van der Waals surface area contributed by atoms with E-state index < -0.39 is 10.0 Å². The molecule has 4 nitrogen and oxygen atoms in total. The monoisotopic (exact) mass is 310 g/mol. The van der Waals surface area contributed by atoms with Crippen molar-refractivity contribution < 1.29 is 8.42 Å². The van der Waals surface area contributed by atoms with Crippen molar-refractivity contribution >= 4 is 33.0 Å². The van der Waals surface area contributed by atoms with Gasteiger partial charge in [0.25, 0.3) is 0 Å². The lowest BCUT2D eigenvalue weighted by Crippen LogP contribution is -2.48. The largest absolute Gasteiger partial charge is 0.329 e. The standard InChI is InChI=1S/C11H19ClN2O2S2/c1-7-5-9(17-10(7)12)18(15,16)14-8(6-13)11(2,3)4/h5,8,14H,6,13H2,1-4H3. The van der Waals surface area contributed by atoms with Crippen LogP contribution in [-0.4, -0.2) is 21.0 Å². The second-order valence-corrected chi connectivity index (χ2v) is 8.89. The minimum Gasteiger partial charge on any atom is -0.329 e. The van der Waals surface area contributed by atoms with E-state index in [0.717, 1.165) is 16.9 Å². The van der Waals surface area contributed by atoms with Gasteiger partial charge in [-0.25, -0.2) is 13.1 Å². The fourth-order valence-corrected chi connectivity index (χ4v) is 4.57. The van der Waals surface area contributed by atoms with Crippen LogP contribution >= 0.6 is 22.9 Å². The summed E-state index contributed by atoms with van der Waals surface area (Å²) in [6, 6.07) is 1.26. The van der Waals surface area contributed by atoms with Crippen LogP contribution in [-0.2, 0) is 10.0 Å². The molecule has 1 aromatic rings. The van der Waals surface area contributed by atoms with Gasteiger partial charge in [-0.3, -0.25) is 0 Å². The topological polar surface area (TPSA) is 72.2 Å². The third-order valence-electron chi connectivity index (χ3n) is 2.68. The Morgan fingerprint density at radius 1 is 1.50 bits per heavy atom. The summed E-state index contributed by atoms with van der Waals surface area (Å²) >= 11 is 6.96. The average molecular weight is 311 g/mol. The Hall–Kier alpha value is -0.140. The van der Waals surface area contributed by atoms with Gasteiger partial charge in [0.15, 0.2) is 0 Å². The van der Waals surface area contributed by atoms with Gasteiger partial charge in [-0.2, -0.15) is 0 Å². The van der Waals surface area contributed by atoms with E-state index in [1.165, 1.54) is 0 Å². The van der Waals surface area contributed by atoms with Crippen LogP contribution in [0.2, 0.25) is 4.34 Å². The molecule has 104 valence electrons. The number of halogens is 1. The molecule has 0 spiro atoms. The maximum absolute atomic E-state index is 12.2. The van der Waals surface area contributed by atoms with Crippen LogP contribution in [0.15, 0.2) is 10.3 Å². The summed E-state index contributed by atoms with van der Waals surface area (Å²) in [6.07, 6.45) is 0. The lowest BCUT2D eigenvalue weighted by atomic mass is 9.88. The molecular weight excluding hydrogens is 292 g/mol. The molecule has 1 aromatic heterocycles. The molecule has 1 heterocycles. The number of nitrogens with one attached hydrogen (secondary N) is 1. The molecule has 7 heteroatoms. The van der Waals surface area contributed by atoms with Gasteiger partial charge >= 0.3 is 0 Å². The van der Waals surface area contributed by atoms with Gasteiger partial charge in [-0.1, -0.05) is 32.4 Å². The first kappa shape index (κ1) is 15.9. The predicted octanol–water partition coefficient (Wildman–Crippen LogP) is 2.36. The molecule has 0 amide bonds. The van der Waals surface area contributed by atoms with Crippen LogP contribution in [0.4, 0.5) is 0 Å². The van der Waals surface area contributed by atoms with E-state index in [0.29, 0.717) is 4.34 Å². The van der Waals surface area contributed by atoms with Crippen LogP contribution in [0.5, 0.6) is 0 Å². The van der Waals surface area contributed by atoms with Gasteiger partial charge in [0.2, 0.25) is 10.0 Å². The molecule has 0 saturated carbocycles. The van der Waals surface area contributed by atoms with Crippen molar-refractivity contribution in [2.75, 3.05) is 6.54 Å². The Kier molecular flexibility index (Phi) is 4.83. The maximum atomic E-state index is 12.2. The molecule has 18 heavy (non-hydrogen) atoms. The molecule has 0 saturated heterocycles. The summed E-state index contributed by atoms with van der Waals surface area (Å²) in [7, 11) is -3.55. The number of hydrogen-bond donors (Lipinski definition) is 2. The van der Waals surface area contributed by atoms with Crippen LogP contribution < -0.4 is 10.5 Å². The Morgan fingerprint density at radius 3 is 2.39 bits per heavy atom. The molecule has 1 rings (SSSR count). The molecule has 0 aliphatic rings. The summed E-state index contributed by atoms with van der Waals surface area (Å²) in [5, 5.41) is 0. The molecule has 3 N–H and O–H groups in total. The van der Waals surface area contributed by atoms with E-state index in [2.05, 4.69) is 4.72 Å². The van der Waals surface area contributed by atoms with Crippen LogP contribution in [0.1, 0.15) is 26.3 Å². The number of aryl methyl sites for hydroxylation is 1. The molecule has 0 aliphatic heterocycles. The van der Waals surface area contributed by atoms with E-state index in [1.54, 1.807) is 13.0 Å². The van der Waals surface area contributed by atoms with Gasteiger partial charge in [0.1, 0.15) is 4.21 Å². The number of rotatable bonds is 4. The first-order valence-corrected chi connectivity index (χ1v) is 8.24. The molecule has 0 radical (unpaired) electrons. The minimum absolute atomic E-state index is 0.229. The minimum atomic E-state index is -3.55. The Bertz CT molecular complexity index is 498. The van der Waals surface area contributed by atoms with E-state index in [1.807, 2.05) is 20.8 Å². The summed E-state index contributed by atoms with van der Waals surface area (Å²) in [6.45, 7) is 7.86. The zero-order chi connectivity index (χ0) is 14.1. The predicted molar refractivity (Wildman–Crippen MR) is 76.7 cm³/mol. The van der Waals surface area contributed by atoms with Gasteiger partial charge < -0.3 is 5.73 Å². The van der Waals surface area contributed by atoms with Crippen LogP contribution in [0.3, 0.4) is 0 Å². The SMILES string of the molecule is Cc1cc(S(=O)(=O)NC(CN)C(C)(C)C)sc1Cl. The first-order valence-electron chi connectivity index (χ1n) is 5.56. The average Bonchev–Trinajstić information content (AvgIpc) is 2.55. The summed E-state index contributed by atoms with van der Waals surface area (Å²) in [5.74, 6) is 0. The lowest BCUT2D eigenvalue weighted by Gasteiger charge is -2.29. The highest BCUT2D eigenvalue weighted by Crippen LogP contribution is 2.31. The quantitative estimate of drug-likeness (QED) is 0.896. The fraction of sp³-hybridized carbons (Fsp3) is 0.636. The first-order chi connectivity index (χ1) is 8.08. The highest BCUT2D eigenvalue weighted by molar-refractivity contribution is 7.91. The molecule has 0 aliphatic carbocycles. The van der Waals surface area contributed by atoms with Crippen molar-refractivity contribution in [1.29, 1.82) is 0 Å². The summed E-state index contributed by atoms with van der Waals surface area (Å²) in [5.41, 5.74) is 6.16. The normalized spacial score (nSPS) is 14.8. The maximum Gasteiger partial charge on any atom is 0.250 e. The van der Waals surface area contributed by atoms with Gasteiger partial charge in [-0.15, -0.1) is 11.3 Å². The number of thiophene rings is 1. The number of hydrogen-bond acceptors (Lipinski definition) is 4. The molecule has 0 fully saturated rings. The van der Waals surface area contributed by atoms with Crippen LogP contribution in [0, 0.1) is 12.3 Å². The van der Waals surface area contributed by atoms with Gasteiger partial charge in [0.05, 0.1) is 4.34 Å². The van der Waals surface area contributed by atoms with Crippen molar-refractivity contribution in [2.45, 2.75) is 37.9 Å². The fourth-order valence-electron chi connectivity index (χ4n) is 1.39. The Morgan fingerprint density at radius 2 is 2.06 bits per heavy atom. The molecule has 1 atom stereocenters. The molecular formula is C11H19ClN2O2S2. The zero-order valence-corrected chi connectivity index (χ0v) is 13.3. The third-order valence-corrected chi connectivity index (χ3v) is 6.18. The van der Waals surface area contributed by atoms with Gasteiger partial charge in [0, 0.05) is 12.6 Å². The Balaban J connectivity index is 3.01. The van der Waals surface area contributed by atoms with E-state index in [4.69, 9.17) is 17.3 Å². The van der Waals surface area contributed by atoms with Crippen LogP contribution in [0.25, 0.3) is 0 Å². The second-order valence-electron chi connectivity index (χ2n) is 5.30. The third kappa shape index (κ3) is 3.68. The number of nitrogens with two attached hydrogens (primary N) is 1. The highest BCUT2D eigenvalue weighted by Gasteiger charge is 2.29. The highest BCUT2D eigenvalue weighted by atomic mass is 35.5. The Labute approximate surface area is 118 Å². The van der Waals surface area contributed by atoms with Crippen molar-refractivity contribution in [1.82, 2.24) is 4.72 Å². The zero-order valence-electron chi connectivity index (χ0n) is 11.0. The molecule has 0 aromatic carbocycles. The number of sulfonamides is 1.